The molecule has 2 heterocycles. The summed E-state index contributed by atoms with van der Waals surface area (Å²) in [7, 11) is 0. The van der Waals surface area contributed by atoms with Gasteiger partial charge in [-0.1, -0.05) is 39.5 Å². The van der Waals surface area contributed by atoms with Gasteiger partial charge in [0, 0.05) is 25.9 Å². The van der Waals surface area contributed by atoms with E-state index in [0.717, 1.165) is 52.4 Å². The highest BCUT2D eigenvalue weighted by Gasteiger charge is 2.16. The molecule has 0 aliphatic rings. The molecule has 0 atom stereocenters. The summed E-state index contributed by atoms with van der Waals surface area (Å²) in [6.45, 7) is 12.2. The van der Waals surface area contributed by atoms with Gasteiger partial charge >= 0.3 is 0 Å². The number of thioether (sulfide) groups is 1. The van der Waals surface area contributed by atoms with Crippen molar-refractivity contribution in [3.8, 4) is 0 Å². The third kappa shape index (κ3) is 6.31. The molecule has 6 nitrogen and oxygen atoms in total. The first-order valence-electron chi connectivity index (χ1n) is 9.52. The SMILES string of the molecule is CSc1nnc(CCCNC(=O)c2sc(CC(C)C)nc2C)n1CC(C)C. The van der Waals surface area contributed by atoms with Crippen molar-refractivity contribution in [3.05, 3.63) is 21.4 Å². The maximum atomic E-state index is 12.5. The fraction of sp³-hybridized carbons (Fsp3) is 0.684. The van der Waals surface area contributed by atoms with Crippen LogP contribution in [0.2, 0.25) is 0 Å². The first-order chi connectivity index (χ1) is 12.8. The Hall–Kier alpha value is -1.41. The second-order valence-corrected chi connectivity index (χ2v) is 9.44. The van der Waals surface area contributed by atoms with Crippen LogP contribution in [0.4, 0.5) is 0 Å². The molecule has 2 aromatic rings. The normalized spacial score (nSPS) is 11.6. The van der Waals surface area contributed by atoms with Crippen molar-refractivity contribution in [1.29, 1.82) is 0 Å². The molecule has 0 saturated heterocycles. The van der Waals surface area contributed by atoms with Crippen molar-refractivity contribution >= 4 is 29.0 Å². The molecule has 0 radical (unpaired) electrons. The molecule has 0 spiro atoms. The molecular weight excluding hydrogens is 378 g/mol. The molecule has 0 unspecified atom stereocenters. The zero-order valence-electron chi connectivity index (χ0n) is 17.2. The Labute approximate surface area is 170 Å². The van der Waals surface area contributed by atoms with Gasteiger partial charge in [0.05, 0.1) is 10.7 Å². The fourth-order valence-corrected chi connectivity index (χ4v) is 4.55. The van der Waals surface area contributed by atoms with Crippen LogP contribution in [-0.4, -0.2) is 38.5 Å². The van der Waals surface area contributed by atoms with Crippen molar-refractivity contribution in [3.63, 3.8) is 0 Å². The average Bonchev–Trinajstić information content (AvgIpc) is 3.13. The number of aryl methyl sites for hydroxylation is 2. The van der Waals surface area contributed by atoms with E-state index >= 15 is 0 Å². The van der Waals surface area contributed by atoms with Crippen LogP contribution in [0.15, 0.2) is 5.16 Å². The minimum absolute atomic E-state index is 0.0199. The van der Waals surface area contributed by atoms with Gasteiger partial charge in [0.25, 0.3) is 5.91 Å². The molecule has 1 amide bonds. The Kier molecular flexibility index (Phi) is 8.28. The minimum Gasteiger partial charge on any atom is -0.351 e. The van der Waals surface area contributed by atoms with Crippen molar-refractivity contribution < 1.29 is 4.79 Å². The number of carbonyl (C=O) groups excluding carboxylic acids is 1. The van der Waals surface area contributed by atoms with Gasteiger partial charge in [-0.3, -0.25) is 4.79 Å². The Balaban J connectivity index is 1.87. The lowest BCUT2D eigenvalue weighted by molar-refractivity contribution is 0.0956. The van der Waals surface area contributed by atoms with E-state index in [9.17, 15) is 4.79 Å². The highest BCUT2D eigenvalue weighted by Crippen LogP contribution is 2.21. The first-order valence-corrected chi connectivity index (χ1v) is 11.6. The predicted octanol–water partition coefficient (Wildman–Crippen LogP) is 3.98. The Morgan fingerprint density at radius 2 is 1.96 bits per heavy atom. The number of amides is 1. The van der Waals surface area contributed by atoms with Gasteiger partial charge in [0.1, 0.15) is 10.7 Å². The Bertz CT molecular complexity index is 751. The Morgan fingerprint density at radius 1 is 1.22 bits per heavy atom. The monoisotopic (exact) mass is 409 g/mol. The van der Waals surface area contributed by atoms with Gasteiger partial charge < -0.3 is 9.88 Å². The van der Waals surface area contributed by atoms with Crippen LogP contribution < -0.4 is 5.32 Å². The van der Waals surface area contributed by atoms with E-state index in [-0.39, 0.29) is 5.91 Å². The predicted molar refractivity (Wildman–Crippen MR) is 113 cm³/mol. The van der Waals surface area contributed by atoms with Crippen LogP contribution in [0.5, 0.6) is 0 Å². The van der Waals surface area contributed by atoms with Crippen LogP contribution in [0.1, 0.15) is 60.3 Å². The summed E-state index contributed by atoms with van der Waals surface area (Å²) in [4.78, 5) is 17.7. The quantitative estimate of drug-likeness (QED) is 0.475. The largest absolute Gasteiger partial charge is 0.351 e. The molecule has 2 rings (SSSR count). The van der Waals surface area contributed by atoms with Crippen LogP contribution in [0.3, 0.4) is 0 Å². The number of rotatable bonds is 10. The van der Waals surface area contributed by atoms with E-state index in [2.05, 4.69) is 52.8 Å². The van der Waals surface area contributed by atoms with E-state index < -0.39 is 0 Å². The summed E-state index contributed by atoms with van der Waals surface area (Å²) >= 11 is 3.14. The molecule has 0 aliphatic carbocycles. The van der Waals surface area contributed by atoms with E-state index in [4.69, 9.17) is 0 Å². The van der Waals surface area contributed by atoms with Gasteiger partial charge in [-0.2, -0.15) is 0 Å². The third-order valence-corrected chi connectivity index (χ3v) is 5.86. The number of nitrogens with one attached hydrogen (secondary N) is 1. The first kappa shape index (κ1) is 21.9. The maximum Gasteiger partial charge on any atom is 0.263 e. The van der Waals surface area contributed by atoms with Gasteiger partial charge in [-0.25, -0.2) is 4.98 Å². The summed E-state index contributed by atoms with van der Waals surface area (Å²) in [5, 5.41) is 13.6. The zero-order valence-corrected chi connectivity index (χ0v) is 18.8. The number of hydrogen-bond donors (Lipinski definition) is 1. The van der Waals surface area contributed by atoms with Crippen LogP contribution in [0, 0.1) is 18.8 Å². The smallest absolute Gasteiger partial charge is 0.263 e. The number of thiazole rings is 1. The molecule has 27 heavy (non-hydrogen) atoms. The number of carbonyl (C=O) groups is 1. The molecular formula is C19H31N5OS2. The third-order valence-electron chi connectivity index (χ3n) is 4.02. The lowest BCUT2D eigenvalue weighted by Gasteiger charge is -2.11. The second kappa shape index (κ2) is 10.2. The Morgan fingerprint density at radius 3 is 2.59 bits per heavy atom. The fourth-order valence-electron chi connectivity index (χ4n) is 2.83. The molecule has 0 aromatic carbocycles. The maximum absolute atomic E-state index is 12.5. The van der Waals surface area contributed by atoms with Gasteiger partial charge in [-0.05, 0) is 31.4 Å². The van der Waals surface area contributed by atoms with Gasteiger partial charge in [0.15, 0.2) is 5.16 Å². The summed E-state index contributed by atoms with van der Waals surface area (Å²) < 4.78 is 2.20. The summed E-state index contributed by atoms with van der Waals surface area (Å²) in [5.74, 6) is 2.06. The highest BCUT2D eigenvalue weighted by molar-refractivity contribution is 7.98. The van der Waals surface area contributed by atoms with Gasteiger partial charge in [0.2, 0.25) is 0 Å². The van der Waals surface area contributed by atoms with Crippen molar-refractivity contribution in [2.24, 2.45) is 11.8 Å². The van der Waals surface area contributed by atoms with E-state index in [0.29, 0.717) is 18.4 Å². The van der Waals surface area contributed by atoms with Crippen molar-refractivity contribution in [1.82, 2.24) is 25.1 Å². The van der Waals surface area contributed by atoms with Crippen molar-refractivity contribution in [2.75, 3.05) is 12.8 Å². The highest BCUT2D eigenvalue weighted by atomic mass is 32.2. The average molecular weight is 410 g/mol. The number of aromatic nitrogens is 4. The standard InChI is InChI=1S/C19H31N5OS2/c1-12(2)10-16-21-14(5)17(27-16)18(25)20-9-7-8-15-22-23-19(26-6)24(15)11-13(3)4/h12-13H,7-11H2,1-6H3,(H,20,25). The van der Waals surface area contributed by atoms with Crippen molar-refractivity contribution in [2.45, 2.75) is 65.6 Å². The van der Waals surface area contributed by atoms with Crippen LogP contribution in [-0.2, 0) is 19.4 Å². The zero-order chi connectivity index (χ0) is 20.0. The lowest BCUT2D eigenvalue weighted by Crippen LogP contribution is -2.25. The molecule has 150 valence electrons. The molecule has 8 heteroatoms. The number of hydrogen-bond acceptors (Lipinski definition) is 6. The van der Waals surface area contributed by atoms with Crippen LogP contribution in [0.25, 0.3) is 0 Å². The number of nitrogens with zero attached hydrogens (tertiary/aromatic N) is 4. The molecule has 0 fully saturated rings. The summed E-state index contributed by atoms with van der Waals surface area (Å²) in [5.41, 5.74) is 0.828. The van der Waals surface area contributed by atoms with E-state index in [1.165, 1.54) is 11.3 Å². The van der Waals surface area contributed by atoms with Gasteiger partial charge in [-0.15, -0.1) is 21.5 Å². The minimum atomic E-state index is -0.0199. The summed E-state index contributed by atoms with van der Waals surface area (Å²) in [6.07, 6.45) is 4.59. The van der Waals surface area contributed by atoms with E-state index in [1.54, 1.807) is 11.8 Å². The lowest BCUT2D eigenvalue weighted by atomic mass is 10.1. The molecule has 0 bridgehead atoms. The van der Waals surface area contributed by atoms with E-state index in [1.807, 2.05) is 13.2 Å². The topological polar surface area (TPSA) is 72.7 Å². The second-order valence-electron chi connectivity index (χ2n) is 7.59. The molecule has 2 aromatic heterocycles. The summed E-state index contributed by atoms with van der Waals surface area (Å²) in [6, 6.07) is 0. The van der Waals surface area contributed by atoms with Crippen LogP contribution >= 0.6 is 23.1 Å². The molecule has 1 N–H and O–H groups in total. The molecule has 0 aliphatic heterocycles. The molecule has 0 saturated carbocycles.